The predicted molar refractivity (Wildman–Crippen MR) is 143 cm³/mol. The minimum absolute atomic E-state index is 0.0283. The summed E-state index contributed by atoms with van der Waals surface area (Å²) in [7, 11) is -2.94. The third kappa shape index (κ3) is 11.1. The number of rotatable bonds is 8. The maximum absolute atomic E-state index is 11.1. The van der Waals surface area contributed by atoms with Gasteiger partial charge in [0.1, 0.15) is 6.10 Å². The van der Waals surface area contributed by atoms with Gasteiger partial charge in [0.15, 0.2) is 0 Å². The molecule has 196 valence electrons. The van der Waals surface area contributed by atoms with Crippen molar-refractivity contribution in [1.29, 1.82) is 0 Å². The Hall–Kier alpha value is -1.96. The van der Waals surface area contributed by atoms with E-state index in [1.807, 2.05) is 27.7 Å². The summed E-state index contributed by atoms with van der Waals surface area (Å²) in [4.78, 5) is 10.9. The Labute approximate surface area is 211 Å². The van der Waals surface area contributed by atoms with Crippen LogP contribution in [-0.2, 0) is 30.9 Å². The average Bonchev–Trinajstić information content (AvgIpc) is 3.61. The van der Waals surface area contributed by atoms with Crippen LogP contribution < -0.4 is 4.72 Å². The molecule has 2 aliphatic carbocycles. The SMILES string of the molecule is CC(C)C(=O)OC1CCC1.CC(C)NS(=O)(=O)C1CC1.CC(C)OCc1ccc2ccccc2c1. The maximum atomic E-state index is 11.1. The van der Waals surface area contributed by atoms with E-state index in [2.05, 4.69) is 61.0 Å². The first-order valence-corrected chi connectivity index (χ1v) is 14.3. The van der Waals surface area contributed by atoms with Gasteiger partial charge >= 0.3 is 5.97 Å². The summed E-state index contributed by atoms with van der Waals surface area (Å²) in [5, 5.41) is 2.48. The van der Waals surface area contributed by atoms with E-state index in [1.54, 1.807) is 0 Å². The van der Waals surface area contributed by atoms with Crippen molar-refractivity contribution in [2.45, 2.75) is 104 Å². The number of ether oxygens (including phenoxy) is 2. The number of carbonyl (C=O) groups excluding carboxylic acids is 1. The van der Waals surface area contributed by atoms with Gasteiger partial charge in [-0.2, -0.15) is 0 Å². The zero-order valence-electron chi connectivity index (χ0n) is 22.1. The van der Waals surface area contributed by atoms with Crippen molar-refractivity contribution >= 4 is 26.8 Å². The lowest BCUT2D eigenvalue weighted by Crippen LogP contribution is -2.32. The van der Waals surface area contributed by atoms with E-state index in [-0.39, 0.29) is 35.4 Å². The molecular formula is C28H43NO5S. The lowest BCUT2D eigenvalue weighted by Gasteiger charge is -2.25. The molecule has 0 bridgehead atoms. The number of esters is 1. The number of nitrogens with one attached hydrogen (secondary N) is 1. The van der Waals surface area contributed by atoms with Gasteiger partial charge in [-0.05, 0) is 82.2 Å². The van der Waals surface area contributed by atoms with Gasteiger partial charge in [-0.25, -0.2) is 13.1 Å². The summed E-state index contributed by atoms with van der Waals surface area (Å²) < 4.78 is 35.4. The van der Waals surface area contributed by atoms with Crippen molar-refractivity contribution in [3.05, 3.63) is 48.0 Å². The Kier molecular flexibility index (Phi) is 11.7. The third-order valence-corrected chi connectivity index (χ3v) is 7.72. The monoisotopic (exact) mass is 505 g/mol. The van der Waals surface area contributed by atoms with E-state index >= 15 is 0 Å². The first-order chi connectivity index (χ1) is 16.5. The normalized spacial score (nSPS) is 15.8. The highest BCUT2D eigenvalue weighted by molar-refractivity contribution is 7.90. The fraction of sp³-hybridized carbons (Fsp3) is 0.607. The maximum Gasteiger partial charge on any atom is 0.308 e. The Bertz CT molecular complexity index is 1020. The molecule has 2 aromatic rings. The summed E-state index contributed by atoms with van der Waals surface area (Å²) in [6.45, 7) is 12.2. The predicted octanol–water partition coefficient (Wildman–Crippen LogP) is 5.98. The van der Waals surface area contributed by atoms with Gasteiger partial charge in [-0.15, -0.1) is 0 Å². The van der Waals surface area contributed by atoms with Crippen molar-refractivity contribution in [2.75, 3.05) is 0 Å². The van der Waals surface area contributed by atoms with E-state index < -0.39 is 10.0 Å². The molecule has 0 amide bonds. The number of fused-ring (bicyclic) bond motifs is 1. The van der Waals surface area contributed by atoms with Crippen molar-refractivity contribution in [3.8, 4) is 0 Å². The van der Waals surface area contributed by atoms with Crippen LogP contribution >= 0.6 is 0 Å². The minimum Gasteiger partial charge on any atom is -0.462 e. The van der Waals surface area contributed by atoms with Crippen LogP contribution in [0.1, 0.15) is 79.2 Å². The fourth-order valence-electron chi connectivity index (χ4n) is 3.18. The molecule has 1 N–H and O–H groups in total. The molecule has 2 aliphatic rings. The van der Waals surface area contributed by atoms with E-state index in [9.17, 15) is 13.2 Å². The van der Waals surface area contributed by atoms with Crippen LogP contribution in [-0.4, -0.2) is 37.9 Å². The summed E-state index contributed by atoms with van der Waals surface area (Å²) in [5.41, 5.74) is 1.24. The second-order valence-corrected chi connectivity index (χ2v) is 12.2. The van der Waals surface area contributed by atoms with Gasteiger partial charge in [0.25, 0.3) is 0 Å². The van der Waals surface area contributed by atoms with E-state index in [4.69, 9.17) is 9.47 Å². The third-order valence-electron chi connectivity index (χ3n) is 5.57. The average molecular weight is 506 g/mol. The molecule has 2 aromatic carbocycles. The van der Waals surface area contributed by atoms with Gasteiger partial charge in [0, 0.05) is 6.04 Å². The highest BCUT2D eigenvalue weighted by Crippen LogP contribution is 2.27. The number of sulfonamides is 1. The van der Waals surface area contributed by atoms with E-state index in [0.717, 1.165) is 25.7 Å². The van der Waals surface area contributed by atoms with Crippen LogP contribution in [0.15, 0.2) is 42.5 Å². The molecule has 0 heterocycles. The second kappa shape index (κ2) is 14.0. The van der Waals surface area contributed by atoms with Gasteiger partial charge in [-0.3, -0.25) is 4.79 Å². The van der Waals surface area contributed by atoms with Crippen molar-refractivity contribution in [3.63, 3.8) is 0 Å². The Morgan fingerprint density at radius 2 is 1.57 bits per heavy atom. The lowest BCUT2D eigenvalue weighted by atomic mass is 9.96. The molecule has 0 unspecified atom stereocenters. The zero-order chi connectivity index (χ0) is 26.0. The van der Waals surface area contributed by atoms with Crippen LogP contribution in [0.4, 0.5) is 0 Å². The molecule has 6 nitrogen and oxygen atoms in total. The first kappa shape index (κ1) is 29.3. The fourth-order valence-corrected chi connectivity index (χ4v) is 4.79. The Balaban J connectivity index is 0.000000192. The van der Waals surface area contributed by atoms with Gasteiger partial charge in [0.2, 0.25) is 10.0 Å². The quantitative estimate of drug-likeness (QED) is 0.446. The summed E-state index contributed by atoms with van der Waals surface area (Å²) in [5.74, 6) is -0.0229. The van der Waals surface area contributed by atoms with E-state index in [0.29, 0.717) is 6.61 Å². The highest BCUT2D eigenvalue weighted by atomic mass is 32.2. The molecule has 0 saturated heterocycles. The molecule has 0 radical (unpaired) electrons. The van der Waals surface area contributed by atoms with Crippen LogP contribution in [0.5, 0.6) is 0 Å². The molecule has 2 fully saturated rings. The van der Waals surface area contributed by atoms with Crippen LogP contribution in [0, 0.1) is 5.92 Å². The zero-order valence-corrected chi connectivity index (χ0v) is 22.9. The van der Waals surface area contributed by atoms with Gasteiger partial charge < -0.3 is 9.47 Å². The Morgan fingerprint density at radius 3 is 2.06 bits per heavy atom. The van der Waals surface area contributed by atoms with Gasteiger partial charge in [-0.1, -0.05) is 50.2 Å². The largest absolute Gasteiger partial charge is 0.462 e. The smallest absolute Gasteiger partial charge is 0.308 e. The van der Waals surface area contributed by atoms with Crippen LogP contribution in [0.3, 0.4) is 0 Å². The van der Waals surface area contributed by atoms with Gasteiger partial charge in [0.05, 0.1) is 23.9 Å². The molecular weight excluding hydrogens is 462 g/mol. The van der Waals surface area contributed by atoms with Crippen LogP contribution in [0.2, 0.25) is 0 Å². The summed E-state index contributed by atoms with van der Waals surface area (Å²) in [6.07, 6.45) is 5.56. The highest BCUT2D eigenvalue weighted by Gasteiger charge is 2.35. The van der Waals surface area contributed by atoms with Crippen molar-refractivity contribution in [2.24, 2.45) is 5.92 Å². The molecule has 4 rings (SSSR count). The summed E-state index contributed by atoms with van der Waals surface area (Å²) in [6, 6.07) is 14.9. The van der Waals surface area contributed by atoms with E-state index in [1.165, 1.54) is 22.8 Å². The van der Waals surface area contributed by atoms with Crippen molar-refractivity contribution < 1.29 is 22.7 Å². The molecule has 2 saturated carbocycles. The minimum atomic E-state index is -2.94. The molecule has 0 aliphatic heterocycles. The molecule has 0 atom stereocenters. The molecule has 0 aromatic heterocycles. The number of carbonyl (C=O) groups is 1. The lowest BCUT2D eigenvalue weighted by molar-refractivity contribution is -0.156. The van der Waals surface area contributed by atoms with Crippen molar-refractivity contribution in [1.82, 2.24) is 4.72 Å². The number of hydrogen-bond acceptors (Lipinski definition) is 5. The summed E-state index contributed by atoms with van der Waals surface area (Å²) >= 11 is 0. The molecule has 7 heteroatoms. The number of benzene rings is 2. The molecule has 0 spiro atoms. The Morgan fingerprint density at radius 1 is 0.943 bits per heavy atom. The molecule has 35 heavy (non-hydrogen) atoms. The standard InChI is InChI=1S/C14H16O.C8H14O2.C6H13NO2S/c1-11(2)15-10-12-7-8-13-5-3-4-6-14(13)9-12;1-6(2)8(9)10-7-4-3-5-7;1-5(2)7-10(8,9)6-3-4-6/h3-9,11H,10H2,1-2H3;6-7H,3-5H2,1-2H3;5-7H,3-4H2,1-2H3. The first-order valence-electron chi connectivity index (χ1n) is 12.8. The topological polar surface area (TPSA) is 81.7 Å². The number of hydrogen-bond donors (Lipinski definition) is 1. The van der Waals surface area contributed by atoms with Crippen LogP contribution in [0.25, 0.3) is 10.8 Å². The second-order valence-electron chi connectivity index (χ2n) is 10.2.